The van der Waals surface area contributed by atoms with Crippen LogP contribution < -0.4 is 0 Å². The standard InChI is InChI=1S/C13H9N5O8S2/c19-10-8(28(24,25)26)3-5-1-2-6(27(22)23)4-7(5)9(10)15-17-13-14-11(12(20)21)16-18-13/h1-4,19H,(H,20,21)(H,22,23)(H,14,16,18)(H,24,25,26). The summed E-state index contributed by atoms with van der Waals surface area (Å²) < 4.78 is 52.9. The summed E-state index contributed by atoms with van der Waals surface area (Å²) in [6.07, 6.45) is 0. The van der Waals surface area contributed by atoms with Crippen LogP contribution in [0.25, 0.3) is 10.8 Å². The number of fused-ring (bicyclic) bond motifs is 1. The highest BCUT2D eigenvalue weighted by molar-refractivity contribution is 7.86. The third-order valence-corrected chi connectivity index (χ3v) is 4.94. The number of aromatic hydroxyl groups is 1. The first kappa shape index (κ1) is 19.5. The third-order valence-electron chi connectivity index (χ3n) is 3.42. The zero-order valence-corrected chi connectivity index (χ0v) is 15.0. The largest absolute Gasteiger partial charge is 0.504 e. The molecule has 3 aromatic rings. The first-order valence-electron chi connectivity index (χ1n) is 7.03. The maximum Gasteiger partial charge on any atom is 0.373 e. The second-order valence-electron chi connectivity index (χ2n) is 5.17. The lowest BCUT2D eigenvalue weighted by Gasteiger charge is -2.09. The number of nitrogens with zero attached hydrogens (tertiary/aromatic N) is 4. The number of benzene rings is 2. The molecule has 5 N–H and O–H groups in total. The number of hydrogen-bond acceptors (Lipinski definition) is 9. The van der Waals surface area contributed by atoms with Crippen LogP contribution >= 0.6 is 0 Å². The summed E-state index contributed by atoms with van der Waals surface area (Å²) in [5.74, 6) is -3.36. The van der Waals surface area contributed by atoms with Crippen LogP contribution in [0.5, 0.6) is 5.75 Å². The van der Waals surface area contributed by atoms with Gasteiger partial charge in [-0.15, -0.1) is 15.3 Å². The molecule has 0 spiro atoms. The lowest BCUT2D eigenvalue weighted by Crippen LogP contribution is -1.99. The van der Waals surface area contributed by atoms with Gasteiger partial charge >= 0.3 is 5.97 Å². The van der Waals surface area contributed by atoms with Gasteiger partial charge in [0.2, 0.25) is 5.82 Å². The number of aromatic carboxylic acids is 1. The van der Waals surface area contributed by atoms with Gasteiger partial charge in [-0.2, -0.15) is 13.4 Å². The molecule has 13 nitrogen and oxygen atoms in total. The fourth-order valence-corrected chi connectivity index (χ4v) is 3.23. The third kappa shape index (κ3) is 3.72. The van der Waals surface area contributed by atoms with Gasteiger partial charge in [0.1, 0.15) is 10.6 Å². The van der Waals surface area contributed by atoms with Gasteiger partial charge in [0.25, 0.3) is 16.1 Å². The highest BCUT2D eigenvalue weighted by atomic mass is 32.2. The lowest BCUT2D eigenvalue weighted by atomic mass is 10.1. The molecule has 3 rings (SSSR count). The summed E-state index contributed by atoms with van der Waals surface area (Å²) in [6.45, 7) is 0. The van der Waals surface area contributed by atoms with Crippen LogP contribution in [0, 0.1) is 0 Å². The molecule has 2 aromatic carbocycles. The molecule has 0 saturated carbocycles. The molecule has 0 radical (unpaired) electrons. The van der Waals surface area contributed by atoms with Gasteiger partial charge in [-0.25, -0.2) is 9.00 Å². The Balaban J connectivity index is 2.25. The first-order valence-corrected chi connectivity index (χ1v) is 9.58. The van der Waals surface area contributed by atoms with Crippen molar-refractivity contribution in [1.29, 1.82) is 0 Å². The number of rotatable bonds is 5. The molecule has 0 aliphatic carbocycles. The normalized spacial score (nSPS) is 13.2. The van der Waals surface area contributed by atoms with E-state index < -0.39 is 55.3 Å². The molecule has 0 aliphatic heterocycles. The highest BCUT2D eigenvalue weighted by Gasteiger charge is 2.22. The van der Waals surface area contributed by atoms with Crippen LogP contribution in [0.1, 0.15) is 10.6 Å². The summed E-state index contributed by atoms with van der Waals surface area (Å²) in [4.78, 5) is 13.3. The van der Waals surface area contributed by atoms with Crippen molar-refractivity contribution in [1.82, 2.24) is 15.2 Å². The maximum atomic E-state index is 11.5. The molecule has 1 aromatic heterocycles. The average Bonchev–Trinajstić information content (AvgIpc) is 3.08. The topological polar surface area (TPSA) is 215 Å². The number of carbonyl (C=O) groups is 1. The molecule has 15 heteroatoms. The zero-order chi connectivity index (χ0) is 20.6. The molecule has 1 unspecified atom stereocenters. The van der Waals surface area contributed by atoms with Crippen molar-refractivity contribution in [2.24, 2.45) is 10.2 Å². The van der Waals surface area contributed by atoms with E-state index in [1.807, 2.05) is 0 Å². The summed E-state index contributed by atoms with van der Waals surface area (Å²) >= 11 is -2.38. The Labute approximate surface area is 157 Å². The number of carboxylic acid groups (broad SMARTS) is 1. The van der Waals surface area contributed by atoms with E-state index in [0.717, 1.165) is 12.1 Å². The molecule has 0 fully saturated rings. The maximum absolute atomic E-state index is 11.5. The Morgan fingerprint density at radius 2 is 1.93 bits per heavy atom. The molecule has 1 heterocycles. The zero-order valence-electron chi connectivity index (χ0n) is 13.3. The van der Waals surface area contributed by atoms with Gasteiger partial charge in [0, 0.05) is 5.39 Å². The van der Waals surface area contributed by atoms with Crippen molar-refractivity contribution in [3.63, 3.8) is 0 Å². The molecule has 146 valence electrons. The van der Waals surface area contributed by atoms with Gasteiger partial charge in [0.05, 0.1) is 4.90 Å². The predicted octanol–water partition coefficient (Wildman–Crippen LogP) is 1.60. The fraction of sp³-hybridized carbons (Fsp3) is 0. The monoisotopic (exact) mass is 427 g/mol. The lowest BCUT2D eigenvalue weighted by molar-refractivity contribution is 0.0684. The molecule has 0 amide bonds. The van der Waals surface area contributed by atoms with E-state index >= 15 is 0 Å². The number of phenols is 1. The van der Waals surface area contributed by atoms with Crippen molar-refractivity contribution in [3.8, 4) is 5.75 Å². The van der Waals surface area contributed by atoms with Crippen LogP contribution in [0.2, 0.25) is 0 Å². The van der Waals surface area contributed by atoms with Crippen molar-refractivity contribution < 1.29 is 36.7 Å². The van der Waals surface area contributed by atoms with Crippen molar-refractivity contribution in [2.45, 2.75) is 9.79 Å². The molecule has 0 saturated heterocycles. The number of phenolic OH excluding ortho intramolecular Hbond substituents is 1. The second-order valence-corrected chi connectivity index (χ2v) is 7.53. The molecule has 0 bridgehead atoms. The van der Waals surface area contributed by atoms with Crippen molar-refractivity contribution in [3.05, 3.63) is 30.1 Å². The predicted molar refractivity (Wildman–Crippen MR) is 92.0 cm³/mol. The van der Waals surface area contributed by atoms with E-state index in [1.165, 1.54) is 12.1 Å². The summed E-state index contributed by atoms with van der Waals surface area (Å²) in [5, 5.41) is 31.9. The Bertz CT molecular complexity index is 1270. The number of azo groups is 1. The number of hydrogen-bond donors (Lipinski definition) is 5. The van der Waals surface area contributed by atoms with Crippen LogP contribution in [0.4, 0.5) is 11.6 Å². The number of carboxylic acids is 1. The minimum atomic E-state index is -4.84. The number of H-pyrrole nitrogens is 1. The van der Waals surface area contributed by atoms with Crippen molar-refractivity contribution in [2.75, 3.05) is 0 Å². The minimum Gasteiger partial charge on any atom is -0.504 e. The summed E-state index contributed by atoms with van der Waals surface area (Å²) in [5.41, 5.74) is -0.473. The van der Waals surface area contributed by atoms with Gasteiger partial charge in [-0.1, -0.05) is 6.07 Å². The Hall–Kier alpha value is -3.27. The number of aromatic nitrogens is 3. The average molecular weight is 427 g/mol. The van der Waals surface area contributed by atoms with Crippen LogP contribution in [0.3, 0.4) is 0 Å². The van der Waals surface area contributed by atoms with E-state index in [2.05, 4.69) is 25.4 Å². The Morgan fingerprint density at radius 3 is 2.50 bits per heavy atom. The highest BCUT2D eigenvalue weighted by Crippen LogP contribution is 2.41. The molecular formula is C13H9N5O8S2. The minimum absolute atomic E-state index is 0.0301. The summed E-state index contributed by atoms with van der Waals surface area (Å²) in [7, 11) is -4.84. The van der Waals surface area contributed by atoms with E-state index in [1.54, 1.807) is 0 Å². The summed E-state index contributed by atoms with van der Waals surface area (Å²) in [6, 6.07) is 4.62. The number of nitrogens with one attached hydrogen (secondary N) is 1. The van der Waals surface area contributed by atoms with E-state index in [0.29, 0.717) is 0 Å². The van der Waals surface area contributed by atoms with E-state index in [4.69, 9.17) is 5.11 Å². The van der Waals surface area contributed by atoms with Gasteiger partial charge < -0.3 is 14.8 Å². The molecule has 28 heavy (non-hydrogen) atoms. The van der Waals surface area contributed by atoms with Crippen LogP contribution in [-0.4, -0.2) is 53.1 Å². The Kier molecular flexibility index (Phi) is 4.90. The van der Waals surface area contributed by atoms with E-state index in [-0.39, 0.29) is 15.7 Å². The van der Waals surface area contributed by atoms with Crippen molar-refractivity contribution >= 4 is 49.6 Å². The quantitative estimate of drug-likeness (QED) is 0.225. The van der Waals surface area contributed by atoms with Gasteiger partial charge in [-0.05, 0) is 23.6 Å². The van der Waals surface area contributed by atoms with E-state index in [9.17, 15) is 31.6 Å². The molecular weight excluding hydrogens is 418 g/mol. The smallest absolute Gasteiger partial charge is 0.373 e. The Morgan fingerprint density at radius 1 is 1.21 bits per heavy atom. The number of aromatic amines is 1. The fourth-order valence-electron chi connectivity index (χ4n) is 2.21. The molecule has 0 aliphatic rings. The first-order chi connectivity index (χ1) is 13.1. The molecule has 1 atom stereocenters. The van der Waals surface area contributed by atoms with Crippen LogP contribution in [0.15, 0.2) is 44.3 Å². The van der Waals surface area contributed by atoms with Gasteiger partial charge in [0.15, 0.2) is 16.8 Å². The SMILES string of the molecule is O=C(O)c1nc(N=Nc2c(O)c(S(=O)(=O)O)cc3ccc(S(=O)O)cc23)n[nH]1. The van der Waals surface area contributed by atoms with Crippen LogP contribution in [-0.2, 0) is 21.2 Å². The second kappa shape index (κ2) is 7.04. The van der Waals surface area contributed by atoms with Gasteiger partial charge in [-0.3, -0.25) is 9.65 Å².